The molecule has 0 aromatic carbocycles. The zero-order valence-electron chi connectivity index (χ0n) is 14.0. The van der Waals surface area contributed by atoms with Crippen molar-refractivity contribution < 1.29 is 13.9 Å². The molecule has 7 nitrogen and oxygen atoms in total. The molecule has 3 aromatic rings. The van der Waals surface area contributed by atoms with Crippen molar-refractivity contribution in [3.63, 3.8) is 0 Å². The van der Waals surface area contributed by atoms with Crippen LogP contribution in [0.2, 0.25) is 0 Å². The topological polar surface area (TPSA) is 81.9 Å². The van der Waals surface area contributed by atoms with Crippen LogP contribution in [0.3, 0.4) is 0 Å². The Kier molecular flexibility index (Phi) is 4.87. The Balaban J connectivity index is 2.01. The number of aromatic nitrogens is 4. The van der Waals surface area contributed by atoms with Crippen LogP contribution in [0, 0.1) is 6.92 Å². The monoisotopic (exact) mass is 343 g/mol. The van der Waals surface area contributed by atoms with E-state index in [-0.39, 0.29) is 12.5 Å². The summed E-state index contributed by atoms with van der Waals surface area (Å²) >= 11 is 0. The van der Waals surface area contributed by atoms with Crippen molar-refractivity contribution in [1.82, 2.24) is 24.8 Å². The number of ether oxygens (including phenoxy) is 1. The van der Waals surface area contributed by atoms with Gasteiger partial charge in [0.15, 0.2) is 0 Å². The number of hydrogen-bond acceptors (Lipinski definition) is 5. The van der Waals surface area contributed by atoms with Crippen LogP contribution in [0.5, 0.6) is 5.88 Å². The molecule has 0 unspecified atom stereocenters. The van der Waals surface area contributed by atoms with E-state index in [0.29, 0.717) is 23.5 Å². The fourth-order valence-corrected chi connectivity index (χ4v) is 2.67. The summed E-state index contributed by atoms with van der Waals surface area (Å²) in [7, 11) is 1.56. The lowest BCUT2D eigenvalue weighted by Crippen LogP contribution is -2.25. The fourth-order valence-electron chi connectivity index (χ4n) is 2.67. The van der Waals surface area contributed by atoms with Crippen molar-refractivity contribution in [2.24, 2.45) is 0 Å². The molecule has 3 rings (SSSR count). The molecule has 0 spiro atoms. The summed E-state index contributed by atoms with van der Waals surface area (Å²) in [5.41, 5.74) is 3.38. The standard InChI is InChI=1S/C17H18FN5O2/c1-11-13(21-10-22-17(11)25-2)9-23-8-12(16(24)20-7-5-18)15-14(23)4-3-6-19-15/h3-4,6,8,10H,5,7,9H2,1-2H3,(H,20,24). The number of rotatable bonds is 6. The summed E-state index contributed by atoms with van der Waals surface area (Å²) in [5.74, 6) is 0.164. The van der Waals surface area contributed by atoms with Crippen LogP contribution < -0.4 is 10.1 Å². The lowest BCUT2D eigenvalue weighted by atomic mass is 10.2. The molecule has 8 heteroatoms. The lowest BCUT2D eigenvalue weighted by molar-refractivity contribution is 0.0952. The molecular weight excluding hydrogens is 325 g/mol. The predicted molar refractivity (Wildman–Crippen MR) is 90.5 cm³/mol. The van der Waals surface area contributed by atoms with Gasteiger partial charge in [0.2, 0.25) is 5.88 Å². The first-order valence-corrected chi connectivity index (χ1v) is 7.78. The van der Waals surface area contributed by atoms with Crippen molar-refractivity contribution in [1.29, 1.82) is 0 Å². The van der Waals surface area contributed by atoms with Gasteiger partial charge >= 0.3 is 0 Å². The SMILES string of the molecule is COc1ncnc(Cn2cc(C(=O)NCCF)c3ncccc32)c1C. The maximum Gasteiger partial charge on any atom is 0.255 e. The van der Waals surface area contributed by atoms with E-state index >= 15 is 0 Å². The van der Waals surface area contributed by atoms with Gasteiger partial charge < -0.3 is 14.6 Å². The zero-order chi connectivity index (χ0) is 17.8. The molecule has 0 bridgehead atoms. The molecule has 1 amide bonds. The Hall–Kier alpha value is -3.03. The molecule has 0 radical (unpaired) electrons. The molecule has 0 fully saturated rings. The molecule has 0 aliphatic rings. The molecule has 0 atom stereocenters. The van der Waals surface area contributed by atoms with Gasteiger partial charge in [-0.15, -0.1) is 0 Å². The third-order valence-corrected chi connectivity index (χ3v) is 3.92. The summed E-state index contributed by atoms with van der Waals surface area (Å²) in [4.78, 5) is 25.0. The van der Waals surface area contributed by atoms with Crippen LogP contribution in [0.25, 0.3) is 11.0 Å². The summed E-state index contributed by atoms with van der Waals surface area (Å²) in [5, 5.41) is 2.53. The van der Waals surface area contributed by atoms with Gasteiger partial charge in [-0.1, -0.05) is 0 Å². The van der Waals surface area contributed by atoms with E-state index in [1.807, 2.05) is 17.6 Å². The van der Waals surface area contributed by atoms with E-state index in [1.165, 1.54) is 6.33 Å². The number of halogens is 1. The van der Waals surface area contributed by atoms with Gasteiger partial charge in [0.05, 0.1) is 30.4 Å². The third-order valence-electron chi connectivity index (χ3n) is 3.92. The number of carbonyl (C=O) groups is 1. The number of nitrogens with zero attached hydrogens (tertiary/aromatic N) is 4. The van der Waals surface area contributed by atoms with Crippen molar-refractivity contribution in [3.05, 3.63) is 47.7 Å². The number of alkyl halides is 1. The first-order chi connectivity index (χ1) is 12.2. The maximum absolute atomic E-state index is 12.3. The quantitative estimate of drug-likeness (QED) is 0.739. The van der Waals surface area contributed by atoms with Gasteiger partial charge in [-0.05, 0) is 19.1 Å². The Bertz CT molecular complexity index is 909. The smallest absolute Gasteiger partial charge is 0.255 e. The Morgan fingerprint density at radius 3 is 2.96 bits per heavy atom. The molecular formula is C17H18FN5O2. The van der Waals surface area contributed by atoms with Gasteiger partial charge in [0, 0.05) is 24.5 Å². The summed E-state index contributed by atoms with van der Waals surface area (Å²) < 4.78 is 19.4. The number of hydrogen-bond donors (Lipinski definition) is 1. The molecule has 130 valence electrons. The first-order valence-electron chi connectivity index (χ1n) is 7.78. The van der Waals surface area contributed by atoms with Crippen LogP contribution >= 0.6 is 0 Å². The number of carbonyl (C=O) groups excluding carboxylic acids is 1. The highest BCUT2D eigenvalue weighted by Crippen LogP contribution is 2.22. The highest BCUT2D eigenvalue weighted by atomic mass is 19.1. The largest absolute Gasteiger partial charge is 0.481 e. The summed E-state index contributed by atoms with van der Waals surface area (Å²) in [6.45, 7) is 1.68. The summed E-state index contributed by atoms with van der Waals surface area (Å²) in [6, 6.07) is 3.68. The van der Waals surface area contributed by atoms with Crippen molar-refractivity contribution in [3.8, 4) is 5.88 Å². The normalized spacial score (nSPS) is 10.8. The highest BCUT2D eigenvalue weighted by Gasteiger charge is 2.17. The average Bonchev–Trinajstić information content (AvgIpc) is 3.00. The van der Waals surface area contributed by atoms with Crippen LogP contribution in [0.4, 0.5) is 4.39 Å². The van der Waals surface area contributed by atoms with Crippen molar-refractivity contribution in [2.75, 3.05) is 20.3 Å². The number of pyridine rings is 1. The molecule has 25 heavy (non-hydrogen) atoms. The van der Waals surface area contributed by atoms with Crippen LogP contribution in [0.1, 0.15) is 21.6 Å². The Morgan fingerprint density at radius 1 is 1.36 bits per heavy atom. The number of methoxy groups -OCH3 is 1. The average molecular weight is 343 g/mol. The Labute approximate surface area is 143 Å². The molecule has 0 aliphatic heterocycles. The van der Waals surface area contributed by atoms with Gasteiger partial charge in [-0.2, -0.15) is 0 Å². The van der Waals surface area contributed by atoms with Crippen LogP contribution in [0.15, 0.2) is 30.9 Å². The van der Waals surface area contributed by atoms with Gasteiger partial charge in [-0.3, -0.25) is 9.78 Å². The van der Waals surface area contributed by atoms with Crippen molar-refractivity contribution >= 4 is 16.9 Å². The third kappa shape index (κ3) is 3.28. The van der Waals surface area contributed by atoms with Gasteiger partial charge in [0.1, 0.15) is 18.5 Å². The second-order valence-corrected chi connectivity index (χ2v) is 5.44. The molecule has 3 aromatic heterocycles. The van der Waals surface area contributed by atoms with E-state index < -0.39 is 6.67 Å². The van der Waals surface area contributed by atoms with Crippen molar-refractivity contribution in [2.45, 2.75) is 13.5 Å². The van der Waals surface area contributed by atoms with Crippen LogP contribution in [-0.2, 0) is 6.54 Å². The van der Waals surface area contributed by atoms with E-state index in [0.717, 1.165) is 16.8 Å². The molecule has 1 N–H and O–H groups in total. The maximum atomic E-state index is 12.3. The van der Waals surface area contributed by atoms with Gasteiger partial charge in [0.25, 0.3) is 5.91 Å². The fraction of sp³-hybridized carbons (Fsp3) is 0.294. The predicted octanol–water partition coefficient (Wildman–Crippen LogP) is 1.89. The molecule has 0 aliphatic carbocycles. The minimum Gasteiger partial charge on any atom is -0.481 e. The van der Waals surface area contributed by atoms with Gasteiger partial charge in [-0.25, -0.2) is 14.4 Å². The highest BCUT2D eigenvalue weighted by molar-refractivity contribution is 6.05. The lowest BCUT2D eigenvalue weighted by Gasteiger charge is -2.09. The second-order valence-electron chi connectivity index (χ2n) is 5.44. The number of fused-ring (bicyclic) bond motifs is 1. The van der Waals surface area contributed by atoms with E-state index in [1.54, 1.807) is 25.6 Å². The number of amides is 1. The second kappa shape index (κ2) is 7.25. The van der Waals surface area contributed by atoms with E-state index in [4.69, 9.17) is 4.74 Å². The minimum atomic E-state index is -0.613. The number of nitrogens with one attached hydrogen (secondary N) is 1. The minimum absolute atomic E-state index is 0.0272. The van der Waals surface area contributed by atoms with E-state index in [9.17, 15) is 9.18 Å². The molecule has 0 saturated carbocycles. The molecule has 3 heterocycles. The molecule has 0 saturated heterocycles. The first kappa shape index (κ1) is 16.8. The summed E-state index contributed by atoms with van der Waals surface area (Å²) in [6.07, 6.45) is 4.77. The van der Waals surface area contributed by atoms with E-state index in [2.05, 4.69) is 20.3 Å². The Morgan fingerprint density at radius 2 is 2.20 bits per heavy atom. The van der Waals surface area contributed by atoms with Crippen LogP contribution in [-0.4, -0.2) is 45.8 Å². The zero-order valence-corrected chi connectivity index (χ0v) is 14.0.